The Morgan fingerprint density at radius 3 is 3.00 bits per heavy atom. The highest BCUT2D eigenvalue weighted by Gasteiger charge is 2.00. The fourth-order valence-electron chi connectivity index (χ4n) is 1.05. The third-order valence-electron chi connectivity index (χ3n) is 1.88. The molecule has 5 nitrogen and oxygen atoms in total. The van der Waals surface area contributed by atoms with Gasteiger partial charge in [0.05, 0.1) is 5.03 Å². The van der Waals surface area contributed by atoms with Crippen molar-refractivity contribution in [3.8, 4) is 0 Å². The molecular formula is C10H15N3O2S. The smallest absolute Gasteiger partial charge is 0.171 e. The molecule has 0 aliphatic heterocycles. The van der Waals surface area contributed by atoms with E-state index in [0.29, 0.717) is 5.56 Å². The molecule has 0 unspecified atom stereocenters. The van der Waals surface area contributed by atoms with Crippen LogP contribution in [0.15, 0.2) is 28.5 Å². The summed E-state index contributed by atoms with van der Waals surface area (Å²) in [4.78, 5) is 4.20. The number of thioether (sulfide) groups is 1. The van der Waals surface area contributed by atoms with E-state index in [4.69, 9.17) is 15.7 Å². The lowest BCUT2D eigenvalue weighted by Crippen LogP contribution is -2.13. The number of hydrogen-bond acceptors (Lipinski definition) is 5. The number of aromatic nitrogens is 1. The molecule has 0 saturated heterocycles. The number of ether oxygens (including phenoxy) is 1. The summed E-state index contributed by atoms with van der Waals surface area (Å²) in [6, 6.07) is 3.63. The summed E-state index contributed by atoms with van der Waals surface area (Å²) in [6.45, 7) is 0.759. The molecule has 0 bridgehead atoms. The minimum absolute atomic E-state index is 0.0726. The minimum Gasteiger partial charge on any atom is -0.409 e. The summed E-state index contributed by atoms with van der Waals surface area (Å²) in [5.41, 5.74) is 6.04. The standard InChI is InChI=1S/C10H15N3O2S/c1-15-5-2-6-16-9-4-3-8(7-12-9)10(11)13-14/h3-4,7,14H,2,5-6H2,1H3,(H2,11,13). The monoisotopic (exact) mass is 241 g/mol. The molecule has 16 heavy (non-hydrogen) atoms. The van der Waals surface area contributed by atoms with Gasteiger partial charge in [0.15, 0.2) is 5.84 Å². The van der Waals surface area contributed by atoms with Gasteiger partial charge in [-0.2, -0.15) is 0 Å². The lowest BCUT2D eigenvalue weighted by molar-refractivity contribution is 0.200. The van der Waals surface area contributed by atoms with Gasteiger partial charge in [-0.3, -0.25) is 0 Å². The third kappa shape index (κ3) is 4.08. The summed E-state index contributed by atoms with van der Waals surface area (Å²) in [5.74, 6) is 1.03. The van der Waals surface area contributed by atoms with Crippen LogP contribution >= 0.6 is 11.8 Å². The van der Waals surface area contributed by atoms with Crippen molar-refractivity contribution in [2.24, 2.45) is 10.9 Å². The van der Waals surface area contributed by atoms with E-state index in [1.807, 2.05) is 6.07 Å². The number of pyridine rings is 1. The molecule has 88 valence electrons. The molecule has 1 rings (SSSR count). The van der Waals surface area contributed by atoms with E-state index >= 15 is 0 Å². The Hall–Kier alpha value is -1.27. The number of rotatable bonds is 6. The van der Waals surface area contributed by atoms with Crippen LogP contribution in [0.3, 0.4) is 0 Å². The van der Waals surface area contributed by atoms with Crippen molar-refractivity contribution in [1.82, 2.24) is 4.98 Å². The highest BCUT2D eigenvalue weighted by Crippen LogP contribution is 2.16. The lowest BCUT2D eigenvalue weighted by Gasteiger charge is -2.02. The maximum absolute atomic E-state index is 8.47. The van der Waals surface area contributed by atoms with E-state index in [1.165, 1.54) is 0 Å². The topological polar surface area (TPSA) is 80.7 Å². The number of amidine groups is 1. The normalized spacial score (nSPS) is 11.7. The van der Waals surface area contributed by atoms with Gasteiger partial charge in [-0.15, -0.1) is 11.8 Å². The molecule has 0 aliphatic carbocycles. The number of nitrogens with zero attached hydrogens (tertiary/aromatic N) is 2. The van der Waals surface area contributed by atoms with Gasteiger partial charge in [-0.05, 0) is 18.6 Å². The minimum atomic E-state index is 0.0726. The molecule has 1 heterocycles. The Balaban J connectivity index is 2.45. The van der Waals surface area contributed by atoms with Gasteiger partial charge in [0.25, 0.3) is 0 Å². The molecule has 0 spiro atoms. The molecular weight excluding hydrogens is 226 g/mol. The van der Waals surface area contributed by atoms with E-state index in [-0.39, 0.29) is 5.84 Å². The van der Waals surface area contributed by atoms with Gasteiger partial charge in [-0.25, -0.2) is 4.98 Å². The Kier molecular flexibility index (Phi) is 5.66. The highest BCUT2D eigenvalue weighted by atomic mass is 32.2. The summed E-state index contributed by atoms with van der Waals surface area (Å²) < 4.78 is 4.95. The van der Waals surface area contributed by atoms with Crippen molar-refractivity contribution in [3.05, 3.63) is 23.9 Å². The Labute approximate surface area is 98.7 Å². The summed E-state index contributed by atoms with van der Waals surface area (Å²) in [5, 5.41) is 12.3. The van der Waals surface area contributed by atoms with Crippen molar-refractivity contribution >= 4 is 17.6 Å². The van der Waals surface area contributed by atoms with Gasteiger partial charge < -0.3 is 15.7 Å². The van der Waals surface area contributed by atoms with E-state index in [2.05, 4.69) is 10.1 Å². The van der Waals surface area contributed by atoms with Crippen molar-refractivity contribution < 1.29 is 9.94 Å². The second-order valence-corrected chi connectivity index (χ2v) is 4.18. The first kappa shape index (κ1) is 12.8. The number of nitrogens with two attached hydrogens (primary N) is 1. The van der Waals surface area contributed by atoms with Crippen LogP contribution in [-0.4, -0.2) is 35.5 Å². The molecule has 0 aromatic carbocycles. The van der Waals surface area contributed by atoms with Crippen LogP contribution in [0, 0.1) is 0 Å². The van der Waals surface area contributed by atoms with Crippen LogP contribution in [-0.2, 0) is 4.74 Å². The molecule has 1 aromatic heterocycles. The summed E-state index contributed by atoms with van der Waals surface area (Å²) in [7, 11) is 1.69. The first-order valence-electron chi connectivity index (χ1n) is 4.83. The third-order valence-corrected chi connectivity index (χ3v) is 2.91. The van der Waals surface area contributed by atoms with Gasteiger partial charge in [-0.1, -0.05) is 5.16 Å². The summed E-state index contributed by atoms with van der Waals surface area (Å²) >= 11 is 1.65. The average molecular weight is 241 g/mol. The van der Waals surface area contributed by atoms with Crippen LogP contribution in [0.2, 0.25) is 0 Å². The fraction of sp³-hybridized carbons (Fsp3) is 0.400. The molecule has 0 radical (unpaired) electrons. The predicted molar refractivity (Wildman–Crippen MR) is 64.0 cm³/mol. The largest absolute Gasteiger partial charge is 0.409 e. The maximum Gasteiger partial charge on any atom is 0.171 e. The number of oxime groups is 1. The zero-order valence-electron chi connectivity index (χ0n) is 9.09. The first-order valence-corrected chi connectivity index (χ1v) is 5.82. The predicted octanol–water partition coefficient (Wildman–Crippen LogP) is 1.30. The Morgan fingerprint density at radius 1 is 1.62 bits per heavy atom. The number of hydrogen-bond donors (Lipinski definition) is 2. The van der Waals surface area contributed by atoms with Gasteiger partial charge >= 0.3 is 0 Å². The second kappa shape index (κ2) is 7.08. The van der Waals surface area contributed by atoms with Crippen molar-refractivity contribution in [2.75, 3.05) is 19.5 Å². The first-order chi connectivity index (χ1) is 7.77. The van der Waals surface area contributed by atoms with Crippen molar-refractivity contribution in [3.63, 3.8) is 0 Å². The SMILES string of the molecule is COCCCSc1ccc(C(N)=NO)cn1. The molecule has 6 heteroatoms. The van der Waals surface area contributed by atoms with Crippen LogP contribution in [0.25, 0.3) is 0 Å². The lowest BCUT2D eigenvalue weighted by atomic mass is 10.3. The van der Waals surface area contributed by atoms with E-state index in [1.54, 1.807) is 31.1 Å². The van der Waals surface area contributed by atoms with Crippen LogP contribution < -0.4 is 5.73 Å². The molecule has 1 aromatic rings. The quantitative estimate of drug-likeness (QED) is 0.196. The Morgan fingerprint density at radius 2 is 2.44 bits per heavy atom. The summed E-state index contributed by atoms with van der Waals surface area (Å²) in [6.07, 6.45) is 2.58. The molecule has 0 amide bonds. The maximum atomic E-state index is 8.47. The van der Waals surface area contributed by atoms with Crippen LogP contribution in [0.1, 0.15) is 12.0 Å². The highest BCUT2D eigenvalue weighted by molar-refractivity contribution is 7.99. The van der Waals surface area contributed by atoms with Crippen molar-refractivity contribution in [1.29, 1.82) is 0 Å². The van der Waals surface area contributed by atoms with Gasteiger partial charge in [0, 0.05) is 31.2 Å². The fourth-order valence-corrected chi connectivity index (χ4v) is 1.82. The molecule has 3 N–H and O–H groups in total. The van der Waals surface area contributed by atoms with E-state index in [9.17, 15) is 0 Å². The second-order valence-electron chi connectivity index (χ2n) is 3.07. The Bertz CT molecular complexity index is 340. The van der Waals surface area contributed by atoms with E-state index < -0.39 is 0 Å². The zero-order chi connectivity index (χ0) is 11.8. The van der Waals surface area contributed by atoms with E-state index in [0.717, 1.165) is 23.8 Å². The molecule has 0 atom stereocenters. The van der Waals surface area contributed by atoms with Gasteiger partial charge in [0.1, 0.15) is 0 Å². The molecule has 0 aliphatic rings. The average Bonchev–Trinajstić information content (AvgIpc) is 2.34. The number of methoxy groups -OCH3 is 1. The zero-order valence-corrected chi connectivity index (χ0v) is 9.91. The van der Waals surface area contributed by atoms with Gasteiger partial charge in [0.2, 0.25) is 0 Å². The molecule has 0 saturated carbocycles. The van der Waals surface area contributed by atoms with Crippen molar-refractivity contribution in [2.45, 2.75) is 11.4 Å². The van der Waals surface area contributed by atoms with Crippen LogP contribution in [0.4, 0.5) is 0 Å². The van der Waals surface area contributed by atoms with Crippen LogP contribution in [0.5, 0.6) is 0 Å². The molecule has 0 fully saturated rings.